The minimum atomic E-state index is -0.182. The van der Waals surface area contributed by atoms with Crippen LogP contribution in [0.2, 0.25) is 0 Å². The fraction of sp³-hybridized carbons (Fsp3) is 0.889. The molecule has 0 aromatic heterocycles. The van der Waals surface area contributed by atoms with Crippen LogP contribution in [0.15, 0.2) is 0 Å². The molecule has 0 saturated carbocycles. The van der Waals surface area contributed by atoms with Crippen LogP contribution in [0.5, 0.6) is 0 Å². The molecule has 0 radical (unpaired) electrons. The lowest BCUT2D eigenvalue weighted by Crippen LogP contribution is -2.41. The van der Waals surface area contributed by atoms with Gasteiger partial charge in [0.25, 0.3) is 0 Å². The van der Waals surface area contributed by atoms with Crippen LogP contribution in [0.25, 0.3) is 0 Å². The Morgan fingerprint density at radius 2 is 2.23 bits per heavy atom. The standard InChI is InChI=1S/C9H20N2O2/c1-3-4-8(5-10)9(13)11-7(2)6-12/h7-8,12H,3-6,10H2,1-2H3,(H,11,13)/t7-,8?/m0/s1. The summed E-state index contributed by atoms with van der Waals surface area (Å²) in [6.45, 7) is 4.12. The van der Waals surface area contributed by atoms with Gasteiger partial charge in [-0.05, 0) is 13.3 Å². The summed E-state index contributed by atoms with van der Waals surface area (Å²) in [5.41, 5.74) is 5.45. The lowest BCUT2D eigenvalue weighted by atomic mass is 10.0. The van der Waals surface area contributed by atoms with Gasteiger partial charge in [0.15, 0.2) is 0 Å². The Hall–Kier alpha value is -0.610. The van der Waals surface area contributed by atoms with Gasteiger partial charge in [-0.1, -0.05) is 13.3 Å². The van der Waals surface area contributed by atoms with Crippen LogP contribution >= 0.6 is 0 Å². The predicted molar refractivity (Wildman–Crippen MR) is 52.1 cm³/mol. The maximum atomic E-state index is 11.4. The molecule has 4 heteroatoms. The summed E-state index contributed by atoms with van der Waals surface area (Å²) in [6, 6.07) is -0.182. The van der Waals surface area contributed by atoms with E-state index in [2.05, 4.69) is 5.32 Å². The van der Waals surface area contributed by atoms with Crippen LogP contribution in [0.1, 0.15) is 26.7 Å². The number of nitrogens with one attached hydrogen (secondary N) is 1. The molecule has 0 aromatic rings. The van der Waals surface area contributed by atoms with E-state index in [1.54, 1.807) is 6.92 Å². The van der Waals surface area contributed by atoms with Gasteiger partial charge in [-0.3, -0.25) is 4.79 Å². The molecule has 0 rings (SSSR count). The van der Waals surface area contributed by atoms with Crippen LogP contribution in [-0.2, 0) is 4.79 Å². The number of nitrogens with two attached hydrogens (primary N) is 1. The first kappa shape index (κ1) is 12.4. The van der Waals surface area contributed by atoms with E-state index < -0.39 is 0 Å². The van der Waals surface area contributed by atoms with Crippen molar-refractivity contribution in [3.8, 4) is 0 Å². The summed E-state index contributed by atoms with van der Waals surface area (Å²) in [7, 11) is 0. The van der Waals surface area contributed by atoms with Crippen LogP contribution in [0, 0.1) is 5.92 Å². The second-order valence-electron chi connectivity index (χ2n) is 3.31. The molecule has 0 aliphatic heterocycles. The molecule has 4 nitrogen and oxygen atoms in total. The third kappa shape index (κ3) is 4.85. The van der Waals surface area contributed by atoms with E-state index in [9.17, 15) is 4.79 Å². The highest BCUT2D eigenvalue weighted by atomic mass is 16.3. The molecule has 1 amide bonds. The van der Waals surface area contributed by atoms with Crippen molar-refractivity contribution < 1.29 is 9.90 Å². The van der Waals surface area contributed by atoms with Gasteiger partial charge in [0.05, 0.1) is 12.5 Å². The number of carbonyl (C=O) groups is 1. The maximum absolute atomic E-state index is 11.4. The molecule has 1 unspecified atom stereocenters. The predicted octanol–water partition coefficient (Wildman–Crippen LogP) is -0.142. The van der Waals surface area contributed by atoms with Gasteiger partial charge in [-0.15, -0.1) is 0 Å². The fourth-order valence-corrected chi connectivity index (χ4v) is 1.11. The van der Waals surface area contributed by atoms with Crippen LogP contribution < -0.4 is 11.1 Å². The summed E-state index contributed by atoms with van der Waals surface area (Å²) in [5.74, 6) is -0.162. The van der Waals surface area contributed by atoms with E-state index in [-0.39, 0.29) is 24.5 Å². The van der Waals surface area contributed by atoms with E-state index >= 15 is 0 Å². The number of aliphatic hydroxyl groups excluding tert-OH is 1. The SMILES string of the molecule is CCCC(CN)C(=O)N[C@@H](C)CO. The summed E-state index contributed by atoms with van der Waals surface area (Å²) < 4.78 is 0. The minimum Gasteiger partial charge on any atom is -0.394 e. The van der Waals surface area contributed by atoms with Gasteiger partial charge in [0.2, 0.25) is 5.91 Å². The van der Waals surface area contributed by atoms with Crippen molar-refractivity contribution in [2.75, 3.05) is 13.2 Å². The van der Waals surface area contributed by atoms with E-state index in [0.29, 0.717) is 6.54 Å². The van der Waals surface area contributed by atoms with Gasteiger partial charge < -0.3 is 16.2 Å². The van der Waals surface area contributed by atoms with E-state index in [1.807, 2.05) is 6.92 Å². The highest BCUT2D eigenvalue weighted by Gasteiger charge is 2.16. The molecule has 0 aromatic carbocycles. The first-order valence-corrected chi connectivity index (χ1v) is 4.77. The van der Waals surface area contributed by atoms with Gasteiger partial charge in [-0.25, -0.2) is 0 Å². The third-order valence-electron chi connectivity index (χ3n) is 1.95. The quantitative estimate of drug-likeness (QED) is 0.543. The van der Waals surface area contributed by atoms with Crippen molar-refractivity contribution in [1.29, 1.82) is 0 Å². The molecule has 4 N–H and O–H groups in total. The van der Waals surface area contributed by atoms with Gasteiger partial charge in [0.1, 0.15) is 0 Å². The average Bonchev–Trinajstić information content (AvgIpc) is 2.13. The van der Waals surface area contributed by atoms with Crippen LogP contribution in [0.3, 0.4) is 0 Å². The van der Waals surface area contributed by atoms with E-state index in [1.165, 1.54) is 0 Å². The second-order valence-corrected chi connectivity index (χ2v) is 3.31. The molecular formula is C9H20N2O2. The normalized spacial score (nSPS) is 15.1. The smallest absolute Gasteiger partial charge is 0.224 e. The zero-order valence-corrected chi connectivity index (χ0v) is 8.42. The molecule has 0 spiro atoms. The van der Waals surface area contributed by atoms with Crippen molar-refractivity contribution in [3.63, 3.8) is 0 Å². The maximum Gasteiger partial charge on any atom is 0.224 e. The Labute approximate surface area is 79.5 Å². The van der Waals surface area contributed by atoms with Crippen LogP contribution in [-0.4, -0.2) is 30.2 Å². The lowest BCUT2D eigenvalue weighted by molar-refractivity contribution is -0.125. The molecule has 0 fully saturated rings. The molecule has 0 heterocycles. The second kappa shape index (κ2) is 6.86. The zero-order chi connectivity index (χ0) is 10.3. The van der Waals surface area contributed by atoms with Crippen LogP contribution in [0.4, 0.5) is 0 Å². The van der Waals surface area contributed by atoms with E-state index in [4.69, 9.17) is 10.8 Å². The number of hydrogen-bond acceptors (Lipinski definition) is 3. The van der Waals surface area contributed by atoms with Crippen molar-refractivity contribution in [2.24, 2.45) is 11.7 Å². The number of amides is 1. The summed E-state index contributed by atoms with van der Waals surface area (Å²) in [4.78, 5) is 11.4. The Morgan fingerprint density at radius 1 is 1.62 bits per heavy atom. The molecule has 78 valence electrons. The van der Waals surface area contributed by atoms with Gasteiger partial charge in [0, 0.05) is 12.6 Å². The minimum absolute atomic E-state index is 0.0326. The molecule has 13 heavy (non-hydrogen) atoms. The van der Waals surface area contributed by atoms with Gasteiger partial charge >= 0.3 is 0 Å². The van der Waals surface area contributed by atoms with Crippen molar-refractivity contribution in [1.82, 2.24) is 5.32 Å². The van der Waals surface area contributed by atoms with E-state index in [0.717, 1.165) is 12.8 Å². The molecule has 0 aliphatic carbocycles. The number of rotatable bonds is 6. The highest BCUT2D eigenvalue weighted by Crippen LogP contribution is 2.04. The number of aliphatic hydroxyl groups is 1. The molecule has 0 saturated heterocycles. The van der Waals surface area contributed by atoms with Crippen molar-refractivity contribution in [3.05, 3.63) is 0 Å². The fourth-order valence-electron chi connectivity index (χ4n) is 1.11. The largest absolute Gasteiger partial charge is 0.394 e. The number of hydrogen-bond donors (Lipinski definition) is 3. The molecule has 0 aliphatic rings. The Balaban J connectivity index is 3.90. The molecular weight excluding hydrogens is 168 g/mol. The lowest BCUT2D eigenvalue weighted by Gasteiger charge is -2.16. The zero-order valence-electron chi connectivity index (χ0n) is 8.42. The molecule has 2 atom stereocenters. The topological polar surface area (TPSA) is 75.4 Å². The summed E-state index contributed by atoms with van der Waals surface area (Å²) in [5, 5.41) is 11.4. The van der Waals surface area contributed by atoms with Crippen molar-refractivity contribution in [2.45, 2.75) is 32.7 Å². The van der Waals surface area contributed by atoms with Gasteiger partial charge in [-0.2, -0.15) is 0 Å². The number of carbonyl (C=O) groups excluding carboxylic acids is 1. The first-order chi connectivity index (χ1) is 6.15. The first-order valence-electron chi connectivity index (χ1n) is 4.77. The Kier molecular flexibility index (Phi) is 6.54. The third-order valence-corrected chi connectivity index (χ3v) is 1.95. The Morgan fingerprint density at radius 3 is 2.62 bits per heavy atom. The van der Waals surface area contributed by atoms with Crippen molar-refractivity contribution >= 4 is 5.91 Å². The Bertz CT molecular complexity index is 151. The average molecular weight is 188 g/mol. The summed E-state index contributed by atoms with van der Waals surface area (Å²) >= 11 is 0. The monoisotopic (exact) mass is 188 g/mol. The highest BCUT2D eigenvalue weighted by molar-refractivity contribution is 5.79. The molecule has 0 bridgehead atoms. The summed E-state index contributed by atoms with van der Waals surface area (Å²) in [6.07, 6.45) is 1.75.